The number of para-hydroxylation sites is 1. The lowest BCUT2D eigenvalue weighted by Crippen LogP contribution is -2.25. The molecule has 24 heavy (non-hydrogen) atoms. The third-order valence-electron chi connectivity index (χ3n) is 3.24. The van der Waals surface area contributed by atoms with Gasteiger partial charge in [-0.05, 0) is 24.3 Å². The third-order valence-corrected chi connectivity index (χ3v) is 3.24. The Morgan fingerprint density at radius 1 is 1.17 bits per heavy atom. The molecule has 0 aliphatic heterocycles. The molecule has 0 aliphatic carbocycles. The zero-order valence-electron chi connectivity index (χ0n) is 12.8. The molecule has 0 spiro atoms. The van der Waals surface area contributed by atoms with Crippen LogP contribution in [-0.2, 0) is 6.18 Å². The monoisotopic (exact) mass is 340 g/mol. The van der Waals surface area contributed by atoms with Crippen LogP contribution < -0.4 is 20.8 Å². The van der Waals surface area contributed by atoms with Crippen molar-refractivity contribution in [1.82, 2.24) is 0 Å². The van der Waals surface area contributed by atoms with Gasteiger partial charge in [-0.2, -0.15) is 13.2 Å². The van der Waals surface area contributed by atoms with Crippen LogP contribution in [0.5, 0.6) is 5.75 Å². The van der Waals surface area contributed by atoms with Crippen molar-refractivity contribution in [3.05, 3.63) is 47.8 Å². The zero-order valence-corrected chi connectivity index (χ0v) is 12.8. The first-order chi connectivity index (χ1) is 11.2. The summed E-state index contributed by atoms with van der Waals surface area (Å²) >= 11 is 0. The Hall–Kier alpha value is -2.71. The number of benzene rings is 2. The molecule has 0 fully saturated rings. The highest BCUT2D eigenvalue weighted by molar-refractivity contribution is 6.36. The van der Waals surface area contributed by atoms with Crippen molar-refractivity contribution in [2.24, 2.45) is 0 Å². The van der Waals surface area contributed by atoms with Crippen molar-refractivity contribution in [1.29, 1.82) is 0 Å². The molecular weight excluding hydrogens is 327 g/mol. The van der Waals surface area contributed by atoms with Gasteiger partial charge >= 0.3 is 12.2 Å². The number of halogens is 4. The van der Waals surface area contributed by atoms with Crippen LogP contribution in [0.25, 0.3) is 0 Å². The fourth-order valence-corrected chi connectivity index (χ4v) is 2.04. The topological polar surface area (TPSA) is 50.4 Å². The van der Waals surface area contributed by atoms with Crippen LogP contribution in [0.2, 0.25) is 0 Å². The van der Waals surface area contributed by atoms with E-state index >= 15 is 0 Å². The maximum atomic E-state index is 13.7. The minimum Gasteiger partial charge on any atom is -0.495 e. The number of carbonyl (C=O) groups excluding carboxylic acids is 1. The number of nitrogens with one attached hydrogen (secondary N) is 2. The lowest BCUT2D eigenvalue weighted by atomic mass is 9.94. The maximum absolute atomic E-state index is 13.7. The number of urea groups is 1. The number of methoxy groups -OCH3 is 1. The van der Waals surface area contributed by atoms with Gasteiger partial charge < -0.3 is 15.4 Å². The Bertz CT molecular complexity index is 745. The summed E-state index contributed by atoms with van der Waals surface area (Å²) in [5, 5.41) is 4.51. The molecule has 0 unspecified atom stereocenters. The fraction of sp³-hybridized carbons (Fsp3) is 0.133. The minimum absolute atomic E-state index is 0.0448. The number of alkyl halides is 3. The molecule has 4 nitrogen and oxygen atoms in total. The molecule has 0 atom stereocenters. The highest BCUT2D eigenvalue weighted by Crippen LogP contribution is 2.34. The van der Waals surface area contributed by atoms with Gasteiger partial charge in [0, 0.05) is 0 Å². The molecule has 2 aromatic carbocycles. The average Bonchev–Trinajstić information content (AvgIpc) is 2.50. The van der Waals surface area contributed by atoms with Crippen molar-refractivity contribution in [3.63, 3.8) is 0 Å². The van der Waals surface area contributed by atoms with Crippen molar-refractivity contribution < 1.29 is 27.1 Å². The average molecular weight is 340 g/mol. The van der Waals surface area contributed by atoms with E-state index in [1.165, 1.54) is 13.2 Å². The molecule has 9 heteroatoms. The minimum atomic E-state index is -4.57. The summed E-state index contributed by atoms with van der Waals surface area (Å²) in [5.41, 5.74) is -0.707. The van der Waals surface area contributed by atoms with Crippen molar-refractivity contribution >= 4 is 30.7 Å². The predicted octanol–water partition coefficient (Wildman–Crippen LogP) is 2.76. The summed E-state index contributed by atoms with van der Waals surface area (Å²) in [6, 6.07) is 6.00. The van der Waals surface area contributed by atoms with Crippen LogP contribution in [0, 0.1) is 5.82 Å². The van der Waals surface area contributed by atoms with Crippen LogP contribution in [0.1, 0.15) is 5.56 Å². The van der Waals surface area contributed by atoms with Crippen LogP contribution in [0.3, 0.4) is 0 Å². The van der Waals surface area contributed by atoms with Crippen molar-refractivity contribution in [3.8, 4) is 5.75 Å². The predicted molar refractivity (Wildman–Crippen MR) is 85.2 cm³/mol. The van der Waals surface area contributed by atoms with Gasteiger partial charge in [0.15, 0.2) is 0 Å². The van der Waals surface area contributed by atoms with Crippen molar-refractivity contribution in [2.45, 2.75) is 6.18 Å². The SMILES string of the molecule is Bc1cccc(F)c1NC(=O)Nc1cc(C(F)(F)F)ccc1OC. The highest BCUT2D eigenvalue weighted by atomic mass is 19.4. The molecule has 126 valence electrons. The number of amides is 2. The lowest BCUT2D eigenvalue weighted by molar-refractivity contribution is -0.137. The number of ether oxygens (including phenoxy) is 1. The molecule has 0 radical (unpaired) electrons. The van der Waals surface area contributed by atoms with Crippen LogP contribution >= 0.6 is 0 Å². The summed E-state index contributed by atoms with van der Waals surface area (Å²) < 4.78 is 57.0. The first-order valence-electron chi connectivity index (χ1n) is 6.80. The fourth-order valence-electron chi connectivity index (χ4n) is 2.04. The number of rotatable bonds is 3. The largest absolute Gasteiger partial charge is 0.495 e. The molecule has 2 rings (SSSR count). The van der Waals surface area contributed by atoms with E-state index in [2.05, 4.69) is 10.6 Å². The number of anilines is 2. The Morgan fingerprint density at radius 2 is 1.88 bits per heavy atom. The van der Waals surface area contributed by atoms with E-state index < -0.39 is 23.6 Å². The molecular formula is C15H13BF4N2O2. The second-order valence-corrected chi connectivity index (χ2v) is 4.92. The van der Waals surface area contributed by atoms with Crippen LogP contribution in [-0.4, -0.2) is 21.0 Å². The highest BCUT2D eigenvalue weighted by Gasteiger charge is 2.31. The van der Waals surface area contributed by atoms with Crippen LogP contribution in [0.15, 0.2) is 36.4 Å². The second-order valence-electron chi connectivity index (χ2n) is 4.92. The molecule has 0 heterocycles. The van der Waals surface area contributed by atoms with E-state index in [0.29, 0.717) is 5.46 Å². The smallest absolute Gasteiger partial charge is 0.416 e. The Morgan fingerprint density at radius 3 is 2.46 bits per heavy atom. The molecule has 0 saturated carbocycles. The summed E-state index contributed by atoms with van der Waals surface area (Å²) in [6.45, 7) is 0. The number of hydrogen-bond donors (Lipinski definition) is 2. The Labute approximate surface area is 136 Å². The van der Waals surface area contributed by atoms with Crippen LogP contribution in [0.4, 0.5) is 33.7 Å². The summed E-state index contributed by atoms with van der Waals surface area (Å²) in [4.78, 5) is 12.0. The standard InChI is InChI=1S/C15H13BF4N2O2/c1-24-12-6-5-8(15(18,19)20)7-11(12)21-14(23)22-13-9(16)3-2-4-10(13)17/h2-7H,16H2,1H3,(H2,21,22,23). The molecule has 0 bridgehead atoms. The number of carbonyl (C=O) groups is 1. The lowest BCUT2D eigenvalue weighted by Gasteiger charge is -2.15. The zero-order chi connectivity index (χ0) is 17.9. The summed E-state index contributed by atoms with van der Waals surface area (Å²) in [7, 11) is 2.84. The summed E-state index contributed by atoms with van der Waals surface area (Å²) in [6.07, 6.45) is -4.57. The van der Waals surface area contributed by atoms with Gasteiger partial charge in [-0.3, -0.25) is 0 Å². The molecule has 2 amide bonds. The maximum Gasteiger partial charge on any atom is 0.416 e. The van der Waals surface area contributed by atoms with E-state index in [9.17, 15) is 22.4 Å². The third kappa shape index (κ3) is 3.98. The van der Waals surface area contributed by atoms with E-state index in [4.69, 9.17) is 4.74 Å². The first kappa shape index (κ1) is 17.6. The second kappa shape index (κ2) is 6.82. The van der Waals surface area contributed by atoms with Gasteiger partial charge in [0.2, 0.25) is 0 Å². The molecule has 0 aliphatic rings. The van der Waals surface area contributed by atoms with E-state index in [0.717, 1.165) is 24.3 Å². The molecule has 0 aromatic heterocycles. The van der Waals surface area contributed by atoms with E-state index in [-0.39, 0.29) is 17.1 Å². The molecule has 2 N–H and O–H groups in total. The number of hydrogen-bond acceptors (Lipinski definition) is 2. The van der Waals surface area contributed by atoms with Gasteiger partial charge in [0.05, 0.1) is 24.0 Å². The summed E-state index contributed by atoms with van der Waals surface area (Å²) in [5.74, 6) is -0.607. The van der Waals surface area contributed by atoms with E-state index in [1.807, 2.05) is 0 Å². The van der Waals surface area contributed by atoms with Gasteiger partial charge in [-0.15, -0.1) is 0 Å². The van der Waals surface area contributed by atoms with Gasteiger partial charge in [-0.1, -0.05) is 17.6 Å². The quantitative estimate of drug-likeness (QED) is 0.667. The van der Waals surface area contributed by atoms with Gasteiger partial charge in [-0.25, -0.2) is 9.18 Å². The molecule has 2 aromatic rings. The normalized spacial score (nSPS) is 11.0. The Kier molecular flexibility index (Phi) is 5.01. The van der Waals surface area contributed by atoms with Gasteiger partial charge in [0.1, 0.15) is 19.4 Å². The molecule has 0 saturated heterocycles. The van der Waals surface area contributed by atoms with Crippen molar-refractivity contribution in [2.75, 3.05) is 17.7 Å². The van der Waals surface area contributed by atoms with E-state index in [1.54, 1.807) is 13.9 Å². The first-order valence-corrected chi connectivity index (χ1v) is 6.80. The Balaban J connectivity index is 2.25. The van der Waals surface area contributed by atoms with Gasteiger partial charge in [0.25, 0.3) is 0 Å².